The Balaban J connectivity index is 1.67. The van der Waals surface area contributed by atoms with E-state index < -0.39 is 11.6 Å². The number of amides is 1. The van der Waals surface area contributed by atoms with Crippen molar-refractivity contribution in [2.24, 2.45) is 0 Å². The van der Waals surface area contributed by atoms with Crippen LogP contribution < -0.4 is 0 Å². The molecule has 116 valence electrons. The van der Waals surface area contributed by atoms with Crippen molar-refractivity contribution in [1.82, 2.24) is 14.7 Å². The van der Waals surface area contributed by atoms with Gasteiger partial charge in [-0.2, -0.15) is 5.10 Å². The van der Waals surface area contributed by atoms with Crippen LogP contribution in [-0.2, 0) is 16.1 Å². The summed E-state index contributed by atoms with van der Waals surface area (Å²) in [5, 5.41) is 24.1. The van der Waals surface area contributed by atoms with Crippen LogP contribution in [0.5, 0.6) is 0 Å². The molecule has 2 N–H and O–H groups in total. The molecule has 0 radical (unpaired) electrons. The molecule has 3 rings (SSSR count). The maximum atomic E-state index is 12.3. The van der Waals surface area contributed by atoms with E-state index in [4.69, 9.17) is 5.11 Å². The molecule has 2 aromatic rings. The fourth-order valence-electron chi connectivity index (χ4n) is 2.72. The van der Waals surface area contributed by atoms with Gasteiger partial charge in [0.05, 0.1) is 11.7 Å². The van der Waals surface area contributed by atoms with E-state index in [1.165, 1.54) is 0 Å². The Hall–Kier alpha value is -2.41. The summed E-state index contributed by atoms with van der Waals surface area (Å²) in [5.74, 6) is -1.35. The third-order valence-electron chi connectivity index (χ3n) is 4.18. The molecule has 1 aromatic heterocycles. The van der Waals surface area contributed by atoms with Gasteiger partial charge < -0.3 is 15.1 Å². The van der Waals surface area contributed by atoms with Crippen molar-refractivity contribution < 1.29 is 19.8 Å². The summed E-state index contributed by atoms with van der Waals surface area (Å²) in [6, 6.07) is 7.62. The number of carbonyl (C=O) groups excluding carboxylic acids is 1. The van der Waals surface area contributed by atoms with Gasteiger partial charge in [-0.15, -0.1) is 0 Å². The van der Waals surface area contributed by atoms with Gasteiger partial charge in [0.25, 0.3) is 0 Å². The quantitative estimate of drug-likeness (QED) is 0.859. The first kappa shape index (κ1) is 14.5. The van der Waals surface area contributed by atoms with Crippen molar-refractivity contribution in [3.63, 3.8) is 0 Å². The molecule has 1 aliphatic heterocycles. The van der Waals surface area contributed by atoms with Crippen molar-refractivity contribution in [2.75, 3.05) is 13.1 Å². The lowest BCUT2D eigenvalue weighted by atomic mass is 9.91. The summed E-state index contributed by atoms with van der Waals surface area (Å²) in [4.78, 5) is 24.9. The SMILES string of the molecule is O=C(Cn1ncc2ccccc21)N1CCC(O)(C(=O)O)CC1. The number of aromatic nitrogens is 2. The number of likely N-dealkylation sites (tertiary alicyclic amines) is 1. The van der Waals surface area contributed by atoms with Crippen LogP contribution in [0.4, 0.5) is 0 Å². The Morgan fingerprint density at radius 1 is 1.23 bits per heavy atom. The van der Waals surface area contributed by atoms with Gasteiger partial charge in [0.15, 0.2) is 5.60 Å². The largest absolute Gasteiger partial charge is 0.479 e. The molecule has 2 heterocycles. The molecule has 22 heavy (non-hydrogen) atoms. The lowest BCUT2D eigenvalue weighted by molar-refractivity contribution is -0.165. The minimum atomic E-state index is -1.71. The van der Waals surface area contributed by atoms with Crippen molar-refractivity contribution in [3.8, 4) is 0 Å². The van der Waals surface area contributed by atoms with Crippen LogP contribution >= 0.6 is 0 Å². The monoisotopic (exact) mass is 303 g/mol. The van der Waals surface area contributed by atoms with E-state index in [0.717, 1.165) is 10.9 Å². The van der Waals surface area contributed by atoms with Crippen molar-refractivity contribution in [1.29, 1.82) is 0 Å². The van der Waals surface area contributed by atoms with Gasteiger partial charge >= 0.3 is 5.97 Å². The maximum absolute atomic E-state index is 12.3. The normalized spacial score (nSPS) is 17.6. The highest BCUT2D eigenvalue weighted by Gasteiger charge is 2.40. The first-order chi connectivity index (χ1) is 10.5. The molecular formula is C15H17N3O4. The number of piperidine rings is 1. The summed E-state index contributed by atoms with van der Waals surface area (Å²) >= 11 is 0. The number of carboxylic acids is 1. The number of para-hydroxylation sites is 1. The average molecular weight is 303 g/mol. The summed E-state index contributed by atoms with van der Waals surface area (Å²) in [5.41, 5.74) is -0.829. The highest BCUT2D eigenvalue weighted by Crippen LogP contribution is 2.23. The number of rotatable bonds is 3. The zero-order chi connectivity index (χ0) is 15.7. The second-order valence-corrected chi connectivity index (χ2v) is 5.58. The molecule has 0 atom stereocenters. The van der Waals surface area contributed by atoms with Gasteiger partial charge in [-0.1, -0.05) is 18.2 Å². The van der Waals surface area contributed by atoms with Gasteiger partial charge in [-0.05, 0) is 6.07 Å². The van der Waals surface area contributed by atoms with Crippen LogP contribution in [0.3, 0.4) is 0 Å². The number of carbonyl (C=O) groups is 2. The number of hydrogen-bond donors (Lipinski definition) is 2. The Morgan fingerprint density at radius 3 is 2.59 bits per heavy atom. The Labute approximate surface area is 126 Å². The highest BCUT2D eigenvalue weighted by atomic mass is 16.4. The lowest BCUT2D eigenvalue weighted by Crippen LogP contribution is -2.51. The first-order valence-corrected chi connectivity index (χ1v) is 7.14. The van der Waals surface area contributed by atoms with E-state index in [9.17, 15) is 14.7 Å². The van der Waals surface area contributed by atoms with Crippen molar-refractivity contribution in [2.45, 2.75) is 25.0 Å². The predicted octanol–water partition coefficient (Wildman–Crippen LogP) is 0.474. The van der Waals surface area contributed by atoms with Crippen LogP contribution in [-0.4, -0.2) is 55.5 Å². The van der Waals surface area contributed by atoms with Gasteiger partial charge in [-0.25, -0.2) is 4.79 Å². The summed E-state index contributed by atoms with van der Waals surface area (Å²) in [6.07, 6.45) is 1.81. The molecule has 0 unspecified atom stereocenters. The first-order valence-electron chi connectivity index (χ1n) is 7.14. The third kappa shape index (κ3) is 2.55. The number of aliphatic carboxylic acids is 1. The summed E-state index contributed by atoms with van der Waals surface area (Å²) < 4.78 is 1.63. The Morgan fingerprint density at radius 2 is 1.91 bits per heavy atom. The molecule has 7 nitrogen and oxygen atoms in total. The Kier molecular flexibility index (Phi) is 3.58. The smallest absolute Gasteiger partial charge is 0.335 e. The number of aliphatic hydroxyl groups is 1. The number of nitrogens with zero attached hydrogens (tertiary/aromatic N) is 3. The van der Waals surface area contributed by atoms with E-state index in [1.54, 1.807) is 15.8 Å². The van der Waals surface area contributed by atoms with Crippen LogP contribution in [0.15, 0.2) is 30.5 Å². The molecule has 1 aromatic carbocycles. The van der Waals surface area contributed by atoms with Gasteiger partial charge in [0.2, 0.25) is 5.91 Å². The minimum absolute atomic E-state index is 0.0495. The molecule has 7 heteroatoms. The van der Waals surface area contributed by atoms with Crippen LogP contribution in [0.25, 0.3) is 10.9 Å². The summed E-state index contributed by atoms with van der Waals surface area (Å²) in [6.45, 7) is 0.584. The van der Waals surface area contributed by atoms with Gasteiger partial charge in [-0.3, -0.25) is 9.48 Å². The zero-order valence-electron chi connectivity index (χ0n) is 12.0. The van der Waals surface area contributed by atoms with Crippen LogP contribution in [0, 0.1) is 0 Å². The molecule has 1 amide bonds. The molecular weight excluding hydrogens is 286 g/mol. The van der Waals surface area contributed by atoms with Crippen LogP contribution in [0.1, 0.15) is 12.8 Å². The third-order valence-corrected chi connectivity index (χ3v) is 4.18. The molecule has 0 spiro atoms. The molecule has 0 saturated carbocycles. The van der Waals surface area contributed by atoms with E-state index in [-0.39, 0.29) is 38.4 Å². The van der Waals surface area contributed by atoms with Gasteiger partial charge in [0.1, 0.15) is 6.54 Å². The molecule has 1 aliphatic rings. The summed E-state index contributed by atoms with van der Waals surface area (Å²) in [7, 11) is 0. The maximum Gasteiger partial charge on any atom is 0.335 e. The average Bonchev–Trinajstić information content (AvgIpc) is 2.91. The standard InChI is InChI=1S/C15H17N3O4/c19-13(17-7-5-15(22,6-8-17)14(20)21)10-18-12-4-2-1-3-11(12)9-16-18/h1-4,9,22H,5-8,10H2,(H,20,21). The lowest BCUT2D eigenvalue weighted by Gasteiger charge is -2.35. The molecule has 0 aliphatic carbocycles. The van der Waals surface area contributed by atoms with E-state index in [0.29, 0.717) is 0 Å². The zero-order valence-corrected chi connectivity index (χ0v) is 12.0. The predicted molar refractivity (Wildman–Crippen MR) is 78.1 cm³/mol. The van der Waals surface area contributed by atoms with E-state index >= 15 is 0 Å². The van der Waals surface area contributed by atoms with E-state index in [1.807, 2.05) is 24.3 Å². The topological polar surface area (TPSA) is 95.7 Å². The number of benzene rings is 1. The number of carboxylic acid groups (broad SMARTS) is 1. The number of fused-ring (bicyclic) bond motifs is 1. The second kappa shape index (κ2) is 5.42. The molecule has 1 saturated heterocycles. The van der Waals surface area contributed by atoms with Crippen LogP contribution in [0.2, 0.25) is 0 Å². The molecule has 0 bridgehead atoms. The van der Waals surface area contributed by atoms with Gasteiger partial charge in [0, 0.05) is 31.3 Å². The van der Waals surface area contributed by atoms with E-state index in [2.05, 4.69) is 5.10 Å². The fraction of sp³-hybridized carbons (Fsp3) is 0.400. The highest BCUT2D eigenvalue weighted by molar-refractivity contribution is 5.82. The Bertz CT molecular complexity index is 716. The minimum Gasteiger partial charge on any atom is -0.479 e. The van der Waals surface area contributed by atoms with Crippen molar-refractivity contribution in [3.05, 3.63) is 30.5 Å². The second-order valence-electron chi connectivity index (χ2n) is 5.58. The number of hydrogen-bond acceptors (Lipinski definition) is 4. The molecule has 1 fully saturated rings. The fourth-order valence-corrected chi connectivity index (χ4v) is 2.72. The van der Waals surface area contributed by atoms with Crippen molar-refractivity contribution >= 4 is 22.8 Å².